The van der Waals surface area contributed by atoms with E-state index in [4.69, 9.17) is 4.74 Å². The van der Waals surface area contributed by atoms with E-state index >= 15 is 0 Å². The summed E-state index contributed by atoms with van der Waals surface area (Å²) in [6, 6.07) is 8.61. The number of fused-ring (bicyclic) bond motifs is 1. The smallest absolute Gasteiger partial charge is 0.328 e. The van der Waals surface area contributed by atoms with Crippen molar-refractivity contribution < 1.29 is 9.53 Å². The molecule has 3 heteroatoms. The van der Waals surface area contributed by atoms with Crippen molar-refractivity contribution in [2.45, 2.75) is 31.8 Å². The van der Waals surface area contributed by atoms with Crippen molar-refractivity contribution in [3.05, 3.63) is 47.0 Å². The fourth-order valence-electron chi connectivity index (χ4n) is 3.21. The highest BCUT2D eigenvalue weighted by atomic mass is 16.5. The van der Waals surface area contributed by atoms with Gasteiger partial charge in [-0.25, -0.2) is 4.79 Å². The molecule has 19 heavy (non-hydrogen) atoms. The third kappa shape index (κ3) is 1.72. The molecular weight excluding hydrogens is 238 g/mol. The number of hydrogen-bond acceptors (Lipinski definition) is 3. The average molecular weight is 257 g/mol. The largest absolute Gasteiger partial charge is 0.468 e. The van der Waals surface area contributed by atoms with Gasteiger partial charge in [0.05, 0.1) is 13.2 Å². The first-order chi connectivity index (χ1) is 9.09. The van der Waals surface area contributed by atoms with Gasteiger partial charge in [0, 0.05) is 6.54 Å². The van der Waals surface area contributed by atoms with Gasteiger partial charge >= 0.3 is 5.97 Å². The Morgan fingerprint density at radius 1 is 1.32 bits per heavy atom. The monoisotopic (exact) mass is 257 g/mol. The van der Waals surface area contributed by atoms with Crippen LogP contribution in [0.5, 0.6) is 0 Å². The van der Waals surface area contributed by atoms with E-state index in [1.165, 1.54) is 23.8 Å². The van der Waals surface area contributed by atoms with Gasteiger partial charge in [-0.15, -0.1) is 0 Å². The molecule has 3 nitrogen and oxygen atoms in total. The molecule has 0 N–H and O–H groups in total. The summed E-state index contributed by atoms with van der Waals surface area (Å²) in [4.78, 5) is 14.4. The molecule has 0 spiro atoms. The maximum atomic E-state index is 12.2. The molecule has 0 bridgehead atoms. The summed E-state index contributed by atoms with van der Waals surface area (Å²) in [6.45, 7) is 5.05. The van der Waals surface area contributed by atoms with Gasteiger partial charge < -0.3 is 4.74 Å². The van der Waals surface area contributed by atoms with Gasteiger partial charge in [-0.3, -0.25) is 4.90 Å². The van der Waals surface area contributed by atoms with Gasteiger partial charge in [0.2, 0.25) is 0 Å². The molecule has 2 aliphatic rings. The SMILES string of the molecule is COC(=O)[C@@]12CC=C(C)CN1[C@H]2c1ccc(C)cc1. The average Bonchev–Trinajstić information content (AvgIpc) is 3.08. The van der Waals surface area contributed by atoms with Gasteiger partial charge in [0.1, 0.15) is 5.54 Å². The maximum absolute atomic E-state index is 12.2. The van der Waals surface area contributed by atoms with Crippen molar-refractivity contribution in [1.82, 2.24) is 4.90 Å². The minimum Gasteiger partial charge on any atom is -0.468 e. The molecule has 0 saturated carbocycles. The molecule has 1 fully saturated rings. The summed E-state index contributed by atoms with van der Waals surface area (Å²) in [5, 5.41) is 0. The molecule has 3 rings (SSSR count). The van der Waals surface area contributed by atoms with E-state index in [1.807, 2.05) is 0 Å². The number of benzene rings is 1. The third-order valence-electron chi connectivity index (χ3n) is 4.32. The van der Waals surface area contributed by atoms with E-state index in [2.05, 4.69) is 49.1 Å². The van der Waals surface area contributed by atoms with E-state index < -0.39 is 5.54 Å². The number of rotatable bonds is 2. The van der Waals surface area contributed by atoms with Crippen LogP contribution in [-0.2, 0) is 9.53 Å². The van der Waals surface area contributed by atoms with Crippen LogP contribution in [0.3, 0.4) is 0 Å². The summed E-state index contributed by atoms with van der Waals surface area (Å²) in [6.07, 6.45) is 2.92. The maximum Gasteiger partial charge on any atom is 0.328 e. The lowest BCUT2D eigenvalue weighted by atomic mass is 9.94. The fourth-order valence-corrected chi connectivity index (χ4v) is 3.21. The second-order valence-electron chi connectivity index (χ2n) is 5.61. The number of carbonyl (C=O) groups is 1. The quantitative estimate of drug-likeness (QED) is 0.463. The van der Waals surface area contributed by atoms with Crippen molar-refractivity contribution in [3.8, 4) is 0 Å². The number of methoxy groups -OCH3 is 1. The van der Waals surface area contributed by atoms with E-state index in [0.29, 0.717) is 0 Å². The van der Waals surface area contributed by atoms with Gasteiger partial charge in [-0.1, -0.05) is 41.5 Å². The molecule has 3 atom stereocenters. The van der Waals surface area contributed by atoms with E-state index in [9.17, 15) is 4.79 Å². The van der Waals surface area contributed by atoms with Crippen LogP contribution in [0, 0.1) is 6.92 Å². The summed E-state index contributed by atoms with van der Waals surface area (Å²) < 4.78 is 5.04. The first-order valence-corrected chi connectivity index (χ1v) is 6.67. The topological polar surface area (TPSA) is 29.3 Å². The molecule has 2 aliphatic heterocycles. The van der Waals surface area contributed by atoms with Crippen LogP contribution in [0.4, 0.5) is 0 Å². The fraction of sp³-hybridized carbons (Fsp3) is 0.438. The number of nitrogens with zero attached hydrogens (tertiary/aromatic N) is 1. The Kier molecular flexibility index (Phi) is 2.75. The molecule has 1 unspecified atom stereocenters. The molecule has 0 radical (unpaired) electrons. The Labute approximate surface area is 113 Å². The van der Waals surface area contributed by atoms with Crippen molar-refractivity contribution in [2.75, 3.05) is 13.7 Å². The lowest BCUT2D eigenvalue weighted by molar-refractivity contribution is -0.145. The van der Waals surface area contributed by atoms with Crippen LogP contribution < -0.4 is 0 Å². The highest BCUT2D eigenvalue weighted by Gasteiger charge is 2.69. The third-order valence-corrected chi connectivity index (χ3v) is 4.32. The summed E-state index contributed by atoms with van der Waals surface area (Å²) >= 11 is 0. The van der Waals surface area contributed by atoms with Crippen LogP contribution in [0.25, 0.3) is 0 Å². The van der Waals surface area contributed by atoms with Crippen molar-refractivity contribution in [3.63, 3.8) is 0 Å². The predicted molar refractivity (Wildman–Crippen MR) is 73.7 cm³/mol. The van der Waals surface area contributed by atoms with Crippen molar-refractivity contribution >= 4 is 5.97 Å². The molecule has 100 valence electrons. The summed E-state index contributed by atoms with van der Waals surface area (Å²) in [5.41, 5.74) is 3.32. The van der Waals surface area contributed by atoms with Crippen LogP contribution >= 0.6 is 0 Å². The summed E-state index contributed by atoms with van der Waals surface area (Å²) in [7, 11) is 1.48. The highest BCUT2D eigenvalue weighted by Crippen LogP contribution is 2.58. The molecule has 0 aromatic heterocycles. The van der Waals surface area contributed by atoms with Crippen molar-refractivity contribution in [1.29, 1.82) is 0 Å². The van der Waals surface area contributed by atoms with Crippen LogP contribution in [0.1, 0.15) is 30.5 Å². The molecule has 2 heterocycles. The Morgan fingerprint density at radius 3 is 2.63 bits per heavy atom. The van der Waals surface area contributed by atoms with E-state index in [-0.39, 0.29) is 12.0 Å². The predicted octanol–water partition coefficient (Wildman–Crippen LogP) is 2.61. The Hall–Kier alpha value is -1.61. The van der Waals surface area contributed by atoms with Crippen molar-refractivity contribution in [2.24, 2.45) is 0 Å². The van der Waals surface area contributed by atoms with Gasteiger partial charge in [-0.05, 0) is 25.8 Å². The zero-order valence-electron chi connectivity index (χ0n) is 11.6. The lowest BCUT2D eigenvalue weighted by Crippen LogP contribution is -2.33. The van der Waals surface area contributed by atoms with Crippen LogP contribution in [-0.4, -0.2) is 30.1 Å². The van der Waals surface area contributed by atoms with E-state index in [0.717, 1.165) is 13.0 Å². The second kappa shape index (κ2) is 4.20. The molecule has 1 aromatic carbocycles. The Balaban J connectivity index is 1.96. The number of esters is 1. The normalized spacial score (nSPS) is 32.3. The zero-order valence-corrected chi connectivity index (χ0v) is 11.6. The molecule has 1 aromatic rings. The minimum atomic E-state index is -0.455. The van der Waals surface area contributed by atoms with Crippen LogP contribution in [0.2, 0.25) is 0 Å². The van der Waals surface area contributed by atoms with E-state index in [1.54, 1.807) is 0 Å². The molecule has 0 aliphatic carbocycles. The van der Waals surface area contributed by atoms with Gasteiger partial charge in [0.15, 0.2) is 0 Å². The molecular formula is C16H19NO2. The minimum absolute atomic E-state index is 0.109. The number of ether oxygens (including phenoxy) is 1. The standard InChI is InChI=1S/C16H19NO2/c1-11-4-6-13(7-5-11)14-16(15(18)19-3)9-8-12(2)10-17(14)16/h4-8,14H,9-10H2,1-3H3/t14-,16-,17?/m0/s1. The number of aryl methyl sites for hydroxylation is 1. The number of carbonyl (C=O) groups excluding carboxylic acids is 1. The summed E-state index contributed by atoms with van der Waals surface area (Å²) in [5.74, 6) is -0.109. The first-order valence-electron chi connectivity index (χ1n) is 6.67. The van der Waals surface area contributed by atoms with Crippen LogP contribution in [0.15, 0.2) is 35.9 Å². The second-order valence-corrected chi connectivity index (χ2v) is 5.61. The number of hydrogen-bond donors (Lipinski definition) is 0. The zero-order chi connectivity index (χ0) is 13.6. The Morgan fingerprint density at radius 2 is 2.00 bits per heavy atom. The molecule has 0 amide bonds. The van der Waals surface area contributed by atoms with Gasteiger partial charge in [0.25, 0.3) is 0 Å². The lowest BCUT2D eigenvalue weighted by Gasteiger charge is -2.18. The molecule has 1 saturated heterocycles. The van der Waals surface area contributed by atoms with Gasteiger partial charge in [-0.2, -0.15) is 0 Å². The Bertz CT molecular complexity index is 546. The highest BCUT2D eigenvalue weighted by molar-refractivity contribution is 5.87. The first kappa shape index (κ1) is 12.4.